The molecule has 0 aliphatic carbocycles. The van der Waals surface area contributed by atoms with Crippen molar-refractivity contribution in [2.75, 3.05) is 6.61 Å². The minimum Gasteiger partial charge on any atom is -0.359 e. The van der Waals surface area contributed by atoms with Crippen LogP contribution < -0.4 is 5.32 Å². The number of rotatable bonds is 3. The minimum absolute atomic E-state index is 0.000671. The van der Waals surface area contributed by atoms with Gasteiger partial charge >= 0.3 is 0 Å². The van der Waals surface area contributed by atoms with Crippen LogP contribution >= 0.6 is 0 Å². The van der Waals surface area contributed by atoms with Gasteiger partial charge in [0, 0.05) is 6.04 Å². The van der Waals surface area contributed by atoms with Gasteiger partial charge in [-0.15, -0.1) is 0 Å². The van der Waals surface area contributed by atoms with Gasteiger partial charge in [-0.2, -0.15) is 0 Å². The van der Waals surface area contributed by atoms with Crippen molar-refractivity contribution in [3.63, 3.8) is 0 Å². The van der Waals surface area contributed by atoms with Crippen molar-refractivity contribution in [2.24, 2.45) is 0 Å². The van der Waals surface area contributed by atoms with Crippen molar-refractivity contribution >= 4 is 0 Å². The highest BCUT2D eigenvalue weighted by molar-refractivity contribution is 4.85. The highest BCUT2D eigenvalue weighted by Crippen LogP contribution is 2.24. The van der Waals surface area contributed by atoms with E-state index in [1.807, 2.05) is 0 Å². The third kappa shape index (κ3) is 1.74. The van der Waals surface area contributed by atoms with Crippen molar-refractivity contribution < 1.29 is 4.74 Å². The molecule has 1 aliphatic rings. The van der Waals surface area contributed by atoms with Gasteiger partial charge in [-0.25, -0.2) is 0 Å². The van der Waals surface area contributed by atoms with E-state index in [2.05, 4.69) is 26.1 Å². The molecular formula is C9H19NO. The molecule has 1 rings (SSSR count). The molecule has 1 heterocycles. The molecular weight excluding hydrogens is 138 g/mol. The predicted octanol–water partition coefficient (Wildman–Crippen LogP) is 1.90. The average Bonchev–Trinajstić information content (AvgIpc) is 2.49. The lowest BCUT2D eigenvalue weighted by Crippen LogP contribution is -2.42. The third-order valence-electron chi connectivity index (χ3n) is 2.66. The molecule has 2 heteroatoms. The van der Waals surface area contributed by atoms with Crippen LogP contribution in [0.1, 0.15) is 40.0 Å². The second kappa shape index (κ2) is 3.55. The summed E-state index contributed by atoms with van der Waals surface area (Å²) in [5.74, 6) is 0. The molecule has 0 unspecified atom stereocenters. The fraction of sp³-hybridized carbons (Fsp3) is 1.00. The Morgan fingerprint density at radius 1 is 1.36 bits per heavy atom. The summed E-state index contributed by atoms with van der Waals surface area (Å²) in [5, 5.41) is 3.53. The van der Waals surface area contributed by atoms with E-state index >= 15 is 0 Å². The van der Waals surface area contributed by atoms with Crippen molar-refractivity contribution in [3.8, 4) is 0 Å². The molecule has 0 aromatic heterocycles. The van der Waals surface area contributed by atoms with Crippen molar-refractivity contribution in [2.45, 2.75) is 51.8 Å². The molecule has 0 radical (unpaired) electrons. The second-order valence-electron chi connectivity index (χ2n) is 3.26. The van der Waals surface area contributed by atoms with Crippen LogP contribution in [0.4, 0.5) is 0 Å². The maximum absolute atomic E-state index is 5.73. The SMILES string of the molecule is CC[C@@H]1COC(CC)(CC)N1. The summed E-state index contributed by atoms with van der Waals surface area (Å²) in [6, 6.07) is 0.579. The number of nitrogens with one attached hydrogen (secondary N) is 1. The van der Waals surface area contributed by atoms with Crippen LogP contribution in [-0.4, -0.2) is 18.4 Å². The molecule has 11 heavy (non-hydrogen) atoms. The Hall–Kier alpha value is -0.0800. The number of ether oxygens (including phenoxy) is 1. The first-order valence-electron chi connectivity index (χ1n) is 4.68. The zero-order chi connectivity index (χ0) is 8.32. The molecule has 1 N–H and O–H groups in total. The first-order chi connectivity index (χ1) is 5.26. The van der Waals surface area contributed by atoms with E-state index in [4.69, 9.17) is 4.74 Å². The van der Waals surface area contributed by atoms with Crippen molar-refractivity contribution in [1.29, 1.82) is 0 Å². The molecule has 0 aromatic rings. The minimum atomic E-state index is 0.000671. The van der Waals surface area contributed by atoms with E-state index in [0.717, 1.165) is 19.4 Å². The standard InChI is InChI=1S/C9H19NO/c1-4-8-7-11-9(5-2,6-3)10-8/h8,10H,4-7H2,1-3H3/t8-/m1/s1. The van der Waals surface area contributed by atoms with Gasteiger partial charge in [0.05, 0.1) is 6.61 Å². The summed E-state index contributed by atoms with van der Waals surface area (Å²) in [6.45, 7) is 7.43. The highest BCUT2D eigenvalue weighted by Gasteiger charge is 2.35. The molecule has 0 bridgehead atoms. The van der Waals surface area contributed by atoms with Gasteiger partial charge in [0.25, 0.3) is 0 Å². The Kier molecular flexibility index (Phi) is 2.90. The van der Waals surface area contributed by atoms with Crippen LogP contribution in [0.15, 0.2) is 0 Å². The van der Waals surface area contributed by atoms with Crippen LogP contribution in [0.2, 0.25) is 0 Å². The molecule has 2 nitrogen and oxygen atoms in total. The van der Waals surface area contributed by atoms with Crippen LogP contribution in [0.5, 0.6) is 0 Å². The van der Waals surface area contributed by atoms with Gasteiger partial charge in [-0.3, -0.25) is 5.32 Å². The second-order valence-corrected chi connectivity index (χ2v) is 3.26. The molecule has 1 saturated heterocycles. The van der Waals surface area contributed by atoms with Gasteiger partial charge in [0.2, 0.25) is 0 Å². The quantitative estimate of drug-likeness (QED) is 0.675. The molecule has 66 valence electrons. The summed E-state index contributed by atoms with van der Waals surface area (Å²) in [5.41, 5.74) is 0.000671. The van der Waals surface area contributed by atoms with Gasteiger partial charge in [-0.1, -0.05) is 20.8 Å². The van der Waals surface area contributed by atoms with E-state index in [-0.39, 0.29) is 5.72 Å². The van der Waals surface area contributed by atoms with Gasteiger partial charge in [-0.05, 0) is 19.3 Å². The van der Waals surface area contributed by atoms with Gasteiger partial charge in [0.1, 0.15) is 5.72 Å². The molecule has 0 spiro atoms. The highest BCUT2D eigenvalue weighted by atomic mass is 16.5. The van der Waals surface area contributed by atoms with Crippen LogP contribution in [0.3, 0.4) is 0 Å². The average molecular weight is 157 g/mol. The lowest BCUT2D eigenvalue weighted by molar-refractivity contribution is -0.0161. The molecule has 0 aromatic carbocycles. The first kappa shape index (κ1) is 9.01. The van der Waals surface area contributed by atoms with Crippen molar-refractivity contribution in [3.05, 3.63) is 0 Å². The fourth-order valence-corrected chi connectivity index (χ4v) is 1.59. The fourth-order valence-electron chi connectivity index (χ4n) is 1.59. The Morgan fingerprint density at radius 2 is 2.00 bits per heavy atom. The maximum atomic E-state index is 5.73. The molecule has 0 saturated carbocycles. The van der Waals surface area contributed by atoms with Crippen LogP contribution in [0.25, 0.3) is 0 Å². The summed E-state index contributed by atoms with van der Waals surface area (Å²) in [7, 11) is 0. The smallest absolute Gasteiger partial charge is 0.119 e. The van der Waals surface area contributed by atoms with E-state index in [1.54, 1.807) is 0 Å². The summed E-state index contributed by atoms with van der Waals surface area (Å²) < 4.78 is 5.73. The summed E-state index contributed by atoms with van der Waals surface area (Å²) >= 11 is 0. The topological polar surface area (TPSA) is 21.3 Å². The molecule has 1 aliphatic heterocycles. The monoisotopic (exact) mass is 157 g/mol. The number of hydrogen-bond acceptors (Lipinski definition) is 2. The van der Waals surface area contributed by atoms with Crippen LogP contribution in [0, 0.1) is 0 Å². The lowest BCUT2D eigenvalue weighted by atomic mass is 10.1. The molecule has 1 atom stereocenters. The van der Waals surface area contributed by atoms with Crippen LogP contribution in [-0.2, 0) is 4.74 Å². The van der Waals surface area contributed by atoms with Gasteiger partial charge in [0.15, 0.2) is 0 Å². The Balaban J connectivity index is 2.48. The maximum Gasteiger partial charge on any atom is 0.119 e. The largest absolute Gasteiger partial charge is 0.359 e. The van der Waals surface area contributed by atoms with Crippen molar-refractivity contribution in [1.82, 2.24) is 5.32 Å². The lowest BCUT2D eigenvalue weighted by Gasteiger charge is -2.26. The Labute approximate surface area is 69.3 Å². The third-order valence-corrected chi connectivity index (χ3v) is 2.66. The summed E-state index contributed by atoms with van der Waals surface area (Å²) in [4.78, 5) is 0. The van der Waals surface area contributed by atoms with E-state index < -0.39 is 0 Å². The normalized spacial score (nSPS) is 29.2. The zero-order valence-electron chi connectivity index (χ0n) is 7.81. The van der Waals surface area contributed by atoms with E-state index in [0.29, 0.717) is 6.04 Å². The Bertz CT molecular complexity index is 121. The predicted molar refractivity (Wildman–Crippen MR) is 46.5 cm³/mol. The van der Waals surface area contributed by atoms with Gasteiger partial charge < -0.3 is 4.74 Å². The molecule has 0 amide bonds. The Morgan fingerprint density at radius 3 is 2.27 bits per heavy atom. The van der Waals surface area contributed by atoms with E-state index in [9.17, 15) is 0 Å². The first-order valence-corrected chi connectivity index (χ1v) is 4.68. The van der Waals surface area contributed by atoms with E-state index in [1.165, 1.54) is 6.42 Å². The molecule has 1 fully saturated rings. The zero-order valence-corrected chi connectivity index (χ0v) is 7.81. The summed E-state index contributed by atoms with van der Waals surface area (Å²) in [6.07, 6.45) is 3.31. The number of hydrogen-bond donors (Lipinski definition) is 1.